The minimum absolute atomic E-state index is 0.0263. The number of hydrogen-bond donors (Lipinski definition) is 3. The Kier molecular flexibility index (Phi) is 5.58. The fraction of sp³-hybridized carbons (Fsp3) is 0.286. The van der Waals surface area contributed by atoms with E-state index in [0.717, 1.165) is 11.3 Å². The van der Waals surface area contributed by atoms with Crippen LogP contribution in [0.5, 0.6) is 5.75 Å². The summed E-state index contributed by atoms with van der Waals surface area (Å²) in [6, 6.07) is 16.4. The number of ether oxygens (including phenoxy) is 1. The lowest BCUT2D eigenvalue weighted by atomic mass is 9.90. The summed E-state index contributed by atoms with van der Waals surface area (Å²) in [7, 11) is 1.67. The Morgan fingerprint density at radius 2 is 1.92 bits per heavy atom. The third-order valence-electron chi connectivity index (χ3n) is 4.69. The number of amides is 1. The van der Waals surface area contributed by atoms with Crippen molar-refractivity contribution >= 4 is 16.8 Å². The van der Waals surface area contributed by atoms with Crippen LogP contribution in [0.2, 0.25) is 0 Å². The fourth-order valence-electron chi connectivity index (χ4n) is 3.32. The molecule has 1 aromatic heterocycles. The Bertz CT molecular complexity index is 870. The highest BCUT2D eigenvalue weighted by atomic mass is 16.5. The van der Waals surface area contributed by atoms with Crippen LogP contribution < -0.4 is 15.8 Å². The first kappa shape index (κ1) is 18.0. The zero-order valence-corrected chi connectivity index (χ0v) is 15.2. The van der Waals surface area contributed by atoms with Crippen LogP contribution in [0.25, 0.3) is 10.9 Å². The first-order valence-corrected chi connectivity index (χ1v) is 8.80. The number of carbonyl (C=O) groups excluding carboxylic acids is 1. The quantitative estimate of drug-likeness (QED) is 0.583. The second-order valence-corrected chi connectivity index (χ2v) is 6.60. The third kappa shape index (κ3) is 4.06. The second-order valence-electron chi connectivity index (χ2n) is 6.60. The fourth-order valence-corrected chi connectivity index (χ4v) is 3.32. The van der Waals surface area contributed by atoms with Crippen molar-refractivity contribution in [2.45, 2.75) is 25.3 Å². The summed E-state index contributed by atoms with van der Waals surface area (Å²) in [5.41, 5.74) is 8.85. The highest BCUT2D eigenvalue weighted by Crippen LogP contribution is 2.31. The number of rotatable bonds is 8. The molecule has 0 aliphatic rings. The lowest BCUT2D eigenvalue weighted by Gasteiger charge is -2.21. The van der Waals surface area contributed by atoms with Gasteiger partial charge in [0.05, 0.1) is 7.11 Å². The summed E-state index contributed by atoms with van der Waals surface area (Å²) in [6.45, 7) is 2.69. The van der Waals surface area contributed by atoms with Crippen molar-refractivity contribution in [2.24, 2.45) is 5.73 Å². The predicted molar refractivity (Wildman–Crippen MR) is 104 cm³/mol. The number of H-pyrrole nitrogens is 1. The number of nitrogens with two attached hydrogens (primary N) is 1. The second kappa shape index (κ2) is 8.06. The molecule has 0 fully saturated rings. The molecule has 0 saturated carbocycles. The molecule has 136 valence electrons. The van der Waals surface area contributed by atoms with Crippen LogP contribution in [-0.4, -0.2) is 30.6 Å². The van der Waals surface area contributed by atoms with Gasteiger partial charge in [0, 0.05) is 42.0 Å². The van der Waals surface area contributed by atoms with Gasteiger partial charge >= 0.3 is 0 Å². The summed E-state index contributed by atoms with van der Waals surface area (Å²) in [5, 5.41) is 4.65. The van der Waals surface area contributed by atoms with Gasteiger partial charge in [-0.3, -0.25) is 4.79 Å². The van der Waals surface area contributed by atoms with Crippen molar-refractivity contribution in [3.8, 4) is 5.75 Å². The van der Waals surface area contributed by atoms with Crippen LogP contribution in [0.3, 0.4) is 0 Å². The molecule has 26 heavy (non-hydrogen) atoms. The van der Waals surface area contributed by atoms with Gasteiger partial charge in [-0.05, 0) is 36.2 Å². The molecule has 0 spiro atoms. The molecule has 0 bridgehead atoms. The zero-order chi connectivity index (χ0) is 18.5. The molecular formula is C21H25N3O2. The van der Waals surface area contributed by atoms with Crippen molar-refractivity contribution in [1.29, 1.82) is 0 Å². The predicted octanol–water partition coefficient (Wildman–Crippen LogP) is 3.16. The Morgan fingerprint density at radius 3 is 2.62 bits per heavy atom. The molecule has 0 saturated heterocycles. The van der Waals surface area contributed by atoms with E-state index in [1.807, 2.05) is 31.2 Å². The molecule has 5 nitrogen and oxygen atoms in total. The maximum absolute atomic E-state index is 11.2. The number of hydrogen-bond acceptors (Lipinski definition) is 3. The molecule has 2 atom stereocenters. The summed E-state index contributed by atoms with van der Waals surface area (Å²) in [4.78, 5) is 14.5. The smallest absolute Gasteiger partial charge is 0.218 e. The number of benzene rings is 2. The zero-order valence-electron chi connectivity index (χ0n) is 15.2. The maximum atomic E-state index is 11.2. The molecule has 1 amide bonds. The SMILES string of the molecule is COc1ccc([C@@H](CN[C@@H](C)CC(N)=O)c2c[nH]c3ccccc23)cc1. The minimum Gasteiger partial charge on any atom is -0.497 e. The van der Waals surface area contributed by atoms with Gasteiger partial charge in [-0.1, -0.05) is 30.3 Å². The monoisotopic (exact) mass is 351 g/mol. The van der Waals surface area contributed by atoms with Crippen LogP contribution in [0.1, 0.15) is 30.4 Å². The Balaban J connectivity index is 1.91. The first-order chi connectivity index (χ1) is 12.6. The van der Waals surface area contributed by atoms with Gasteiger partial charge in [0.25, 0.3) is 0 Å². The average molecular weight is 351 g/mol. The van der Waals surface area contributed by atoms with E-state index < -0.39 is 0 Å². The van der Waals surface area contributed by atoms with E-state index in [-0.39, 0.29) is 17.9 Å². The van der Waals surface area contributed by atoms with Gasteiger partial charge in [-0.25, -0.2) is 0 Å². The normalized spacial score (nSPS) is 13.5. The minimum atomic E-state index is -0.293. The van der Waals surface area contributed by atoms with Gasteiger partial charge < -0.3 is 20.8 Å². The summed E-state index contributed by atoms with van der Waals surface area (Å²) in [6.07, 6.45) is 2.39. The van der Waals surface area contributed by atoms with Crippen LogP contribution >= 0.6 is 0 Å². The van der Waals surface area contributed by atoms with Crippen molar-refractivity contribution in [1.82, 2.24) is 10.3 Å². The van der Waals surface area contributed by atoms with E-state index in [0.29, 0.717) is 13.0 Å². The molecule has 5 heteroatoms. The Labute approximate surface area is 153 Å². The van der Waals surface area contributed by atoms with Crippen LogP contribution in [-0.2, 0) is 4.79 Å². The molecule has 4 N–H and O–H groups in total. The number of nitrogens with one attached hydrogen (secondary N) is 2. The third-order valence-corrected chi connectivity index (χ3v) is 4.69. The molecule has 0 aliphatic carbocycles. The molecule has 0 unspecified atom stereocenters. The van der Waals surface area contributed by atoms with E-state index in [9.17, 15) is 4.79 Å². The molecule has 0 aliphatic heterocycles. The van der Waals surface area contributed by atoms with E-state index in [2.05, 4.69) is 40.8 Å². The molecule has 3 rings (SSSR count). The number of carbonyl (C=O) groups is 1. The Morgan fingerprint density at radius 1 is 1.19 bits per heavy atom. The average Bonchev–Trinajstić information content (AvgIpc) is 3.06. The number of para-hydroxylation sites is 1. The summed E-state index contributed by atoms with van der Waals surface area (Å²) < 4.78 is 5.28. The molecular weight excluding hydrogens is 326 g/mol. The largest absolute Gasteiger partial charge is 0.497 e. The van der Waals surface area contributed by atoms with Crippen molar-refractivity contribution in [3.05, 3.63) is 65.9 Å². The highest BCUT2D eigenvalue weighted by molar-refractivity contribution is 5.84. The van der Waals surface area contributed by atoms with Gasteiger partial charge in [0.15, 0.2) is 0 Å². The van der Waals surface area contributed by atoms with E-state index in [1.54, 1.807) is 7.11 Å². The van der Waals surface area contributed by atoms with E-state index >= 15 is 0 Å². The topological polar surface area (TPSA) is 80.1 Å². The van der Waals surface area contributed by atoms with Crippen molar-refractivity contribution < 1.29 is 9.53 Å². The lowest BCUT2D eigenvalue weighted by molar-refractivity contribution is -0.118. The number of aromatic amines is 1. The lowest BCUT2D eigenvalue weighted by Crippen LogP contribution is -2.34. The maximum Gasteiger partial charge on any atom is 0.218 e. The number of primary amides is 1. The van der Waals surface area contributed by atoms with Gasteiger partial charge in [-0.15, -0.1) is 0 Å². The Hall–Kier alpha value is -2.79. The number of aromatic nitrogens is 1. The molecule has 1 heterocycles. The molecule has 2 aromatic carbocycles. The van der Waals surface area contributed by atoms with E-state index in [1.165, 1.54) is 16.5 Å². The number of methoxy groups -OCH3 is 1. The van der Waals surface area contributed by atoms with Crippen LogP contribution in [0.15, 0.2) is 54.7 Å². The van der Waals surface area contributed by atoms with Crippen molar-refractivity contribution in [3.63, 3.8) is 0 Å². The summed E-state index contributed by atoms with van der Waals surface area (Å²) in [5.74, 6) is 0.687. The summed E-state index contributed by atoms with van der Waals surface area (Å²) >= 11 is 0. The number of fused-ring (bicyclic) bond motifs is 1. The first-order valence-electron chi connectivity index (χ1n) is 8.80. The molecule has 3 aromatic rings. The van der Waals surface area contributed by atoms with Gasteiger partial charge in [0.1, 0.15) is 5.75 Å². The van der Waals surface area contributed by atoms with Gasteiger partial charge in [0.2, 0.25) is 5.91 Å². The van der Waals surface area contributed by atoms with Gasteiger partial charge in [-0.2, -0.15) is 0 Å². The standard InChI is InChI=1S/C21H25N3O2/c1-14(11-21(22)25)23-12-18(15-7-9-16(26-2)10-8-15)19-13-24-20-6-4-3-5-17(19)20/h3-10,13-14,18,23-24H,11-12H2,1-2H3,(H2,22,25)/t14-,18+/m0/s1. The van der Waals surface area contributed by atoms with Crippen LogP contribution in [0.4, 0.5) is 0 Å². The van der Waals surface area contributed by atoms with E-state index in [4.69, 9.17) is 10.5 Å². The van der Waals surface area contributed by atoms with Crippen LogP contribution in [0, 0.1) is 0 Å². The highest BCUT2D eigenvalue weighted by Gasteiger charge is 2.19. The van der Waals surface area contributed by atoms with Crippen molar-refractivity contribution in [2.75, 3.05) is 13.7 Å². The molecule has 0 radical (unpaired) electrons.